The zero-order chi connectivity index (χ0) is 19.8. The van der Waals surface area contributed by atoms with Crippen LogP contribution in [0.15, 0.2) is 35.5 Å². The molecule has 146 valence electrons. The van der Waals surface area contributed by atoms with Crippen molar-refractivity contribution in [3.8, 4) is 5.75 Å². The summed E-state index contributed by atoms with van der Waals surface area (Å²) in [6.45, 7) is 3.09. The highest BCUT2D eigenvalue weighted by molar-refractivity contribution is 6.30. The summed E-state index contributed by atoms with van der Waals surface area (Å²) >= 11 is 5.78. The number of hydrogen-bond acceptors (Lipinski definition) is 6. The van der Waals surface area contributed by atoms with E-state index in [0.29, 0.717) is 17.2 Å². The van der Waals surface area contributed by atoms with E-state index >= 15 is 0 Å². The van der Waals surface area contributed by atoms with Crippen LogP contribution in [0.2, 0.25) is 5.02 Å². The Morgan fingerprint density at radius 2 is 1.85 bits per heavy atom. The van der Waals surface area contributed by atoms with Gasteiger partial charge in [0.05, 0.1) is 23.9 Å². The minimum atomic E-state index is -0.651. The lowest BCUT2D eigenvalue weighted by Crippen LogP contribution is -2.51. The van der Waals surface area contributed by atoms with Crippen LogP contribution in [0.1, 0.15) is 20.3 Å². The molecule has 0 spiro atoms. The van der Waals surface area contributed by atoms with Crippen molar-refractivity contribution in [1.29, 1.82) is 0 Å². The largest absolute Gasteiger partial charge is 0.482 e. The molecule has 2 N–H and O–H groups in total. The fraction of sp³-hybridized carbons (Fsp3) is 0.389. The molecule has 9 heteroatoms. The molecule has 0 unspecified atom stereocenters. The number of carbonyl (C=O) groups excluding carboxylic acids is 3. The molecule has 2 rings (SSSR count). The molecule has 1 aliphatic heterocycles. The van der Waals surface area contributed by atoms with Crippen molar-refractivity contribution in [3.05, 3.63) is 40.6 Å². The van der Waals surface area contributed by atoms with E-state index in [1.54, 1.807) is 31.2 Å². The average Bonchev–Trinajstić information content (AvgIpc) is 2.65. The summed E-state index contributed by atoms with van der Waals surface area (Å²) in [7, 11) is 0. The van der Waals surface area contributed by atoms with E-state index in [0.717, 1.165) is 0 Å². The standard InChI is InChI=1S/C18H21ClN2O6/c1-3-13-16(17(23)25-4-2)14(21-18(24)20-13)9-27-15(22)10-26-12-7-5-11(19)6-8-12/h5-8,13H,3-4,9-10H2,1-2H3,(H2,20,21,24)/t13-/m1/s1. The highest BCUT2D eigenvalue weighted by atomic mass is 35.5. The van der Waals surface area contributed by atoms with Gasteiger partial charge in [-0.15, -0.1) is 0 Å². The predicted molar refractivity (Wildman–Crippen MR) is 97.3 cm³/mol. The molecule has 27 heavy (non-hydrogen) atoms. The molecular formula is C18H21ClN2O6. The number of nitrogens with one attached hydrogen (secondary N) is 2. The van der Waals surface area contributed by atoms with Crippen LogP contribution in [0, 0.1) is 0 Å². The number of benzene rings is 1. The van der Waals surface area contributed by atoms with Crippen LogP contribution in [-0.4, -0.2) is 43.8 Å². The average molecular weight is 397 g/mol. The van der Waals surface area contributed by atoms with Crippen LogP contribution in [0.3, 0.4) is 0 Å². The third kappa shape index (κ3) is 5.89. The van der Waals surface area contributed by atoms with Gasteiger partial charge >= 0.3 is 18.0 Å². The lowest BCUT2D eigenvalue weighted by Gasteiger charge is -2.28. The molecule has 0 aromatic heterocycles. The van der Waals surface area contributed by atoms with Crippen molar-refractivity contribution in [1.82, 2.24) is 10.6 Å². The summed E-state index contributed by atoms with van der Waals surface area (Å²) in [4.78, 5) is 35.9. The second kappa shape index (κ2) is 9.82. The lowest BCUT2D eigenvalue weighted by molar-refractivity contribution is -0.145. The summed E-state index contributed by atoms with van der Waals surface area (Å²) in [5.41, 5.74) is 0.439. The minimum absolute atomic E-state index is 0.189. The van der Waals surface area contributed by atoms with Gasteiger partial charge in [-0.1, -0.05) is 18.5 Å². The Morgan fingerprint density at radius 1 is 1.15 bits per heavy atom. The minimum Gasteiger partial charge on any atom is -0.482 e. The Labute approximate surface area is 161 Å². The van der Waals surface area contributed by atoms with Gasteiger partial charge in [0, 0.05) is 5.02 Å². The normalized spacial score (nSPS) is 16.3. The van der Waals surface area contributed by atoms with Crippen LogP contribution in [0.25, 0.3) is 0 Å². The van der Waals surface area contributed by atoms with Crippen molar-refractivity contribution >= 4 is 29.6 Å². The van der Waals surface area contributed by atoms with Crippen molar-refractivity contribution < 1.29 is 28.6 Å². The number of carbonyl (C=O) groups is 3. The lowest BCUT2D eigenvalue weighted by atomic mass is 10.0. The Morgan fingerprint density at radius 3 is 2.48 bits per heavy atom. The Bertz CT molecular complexity index is 732. The van der Waals surface area contributed by atoms with Crippen molar-refractivity contribution in [2.75, 3.05) is 19.8 Å². The number of halogens is 1. The first kappa shape index (κ1) is 20.6. The van der Waals surface area contributed by atoms with E-state index in [-0.39, 0.29) is 31.1 Å². The number of esters is 2. The van der Waals surface area contributed by atoms with Crippen molar-refractivity contribution in [3.63, 3.8) is 0 Å². The highest BCUT2D eigenvalue weighted by Crippen LogP contribution is 2.18. The molecule has 0 aliphatic carbocycles. The molecule has 1 aromatic carbocycles. The van der Waals surface area contributed by atoms with Crippen LogP contribution >= 0.6 is 11.6 Å². The molecule has 1 aliphatic rings. The van der Waals surface area contributed by atoms with E-state index in [4.69, 9.17) is 25.8 Å². The van der Waals surface area contributed by atoms with Gasteiger partial charge in [-0.3, -0.25) is 0 Å². The second-order valence-electron chi connectivity index (χ2n) is 5.58. The molecule has 0 radical (unpaired) electrons. The monoisotopic (exact) mass is 396 g/mol. The van der Waals surface area contributed by atoms with Crippen molar-refractivity contribution in [2.45, 2.75) is 26.3 Å². The molecule has 2 amide bonds. The first-order valence-electron chi connectivity index (χ1n) is 8.46. The first-order chi connectivity index (χ1) is 12.9. The maximum absolute atomic E-state index is 12.2. The Balaban J connectivity index is 2.00. The topological polar surface area (TPSA) is 103 Å². The SMILES string of the molecule is CCOC(=O)C1=C(COC(=O)COc2ccc(Cl)cc2)NC(=O)N[C@@H]1CC. The number of rotatable bonds is 8. The molecule has 0 fully saturated rings. The number of ether oxygens (including phenoxy) is 3. The summed E-state index contributed by atoms with van der Waals surface area (Å²) in [6.07, 6.45) is 0.485. The molecule has 1 atom stereocenters. The number of hydrogen-bond donors (Lipinski definition) is 2. The van der Waals surface area contributed by atoms with Crippen LogP contribution in [0.5, 0.6) is 5.75 Å². The van der Waals surface area contributed by atoms with Crippen LogP contribution in [-0.2, 0) is 19.1 Å². The summed E-state index contributed by atoms with van der Waals surface area (Å²) in [5.74, 6) is -0.759. The maximum atomic E-state index is 12.2. The molecule has 0 saturated carbocycles. The van der Waals surface area contributed by atoms with Gasteiger partial charge < -0.3 is 24.8 Å². The molecule has 0 saturated heterocycles. The van der Waals surface area contributed by atoms with E-state index in [2.05, 4.69) is 10.6 Å². The van der Waals surface area contributed by atoms with E-state index in [9.17, 15) is 14.4 Å². The molecule has 1 heterocycles. The number of urea groups is 1. The summed E-state index contributed by atoms with van der Waals surface area (Å²) < 4.78 is 15.5. The molecule has 1 aromatic rings. The summed E-state index contributed by atoms with van der Waals surface area (Å²) in [5, 5.41) is 5.69. The van der Waals surface area contributed by atoms with Gasteiger partial charge in [-0.25, -0.2) is 14.4 Å². The fourth-order valence-electron chi connectivity index (χ4n) is 2.44. The van der Waals surface area contributed by atoms with Crippen LogP contribution in [0.4, 0.5) is 4.79 Å². The smallest absolute Gasteiger partial charge is 0.344 e. The van der Waals surface area contributed by atoms with Gasteiger partial charge in [0.15, 0.2) is 6.61 Å². The number of amides is 2. The third-order valence-corrected chi connectivity index (χ3v) is 3.95. The summed E-state index contributed by atoms with van der Waals surface area (Å²) in [6, 6.07) is 5.52. The zero-order valence-corrected chi connectivity index (χ0v) is 15.8. The van der Waals surface area contributed by atoms with Crippen molar-refractivity contribution in [2.24, 2.45) is 0 Å². The zero-order valence-electron chi connectivity index (χ0n) is 15.0. The molecular weight excluding hydrogens is 376 g/mol. The third-order valence-electron chi connectivity index (χ3n) is 3.69. The maximum Gasteiger partial charge on any atom is 0.344 e. The van der Waals surface area contributed by atoms with Gasteiger partial charge in [0.1, 0.15) is 12.4 Å². The van der Waals surface area contributed by atoms with E-state index in [1.165, 1.54) is 0 Å². The molecule has 0 bridgehead atoms. The first-order valence-corrected chi connectivity index (χ1v) is 8.84. The highest BCUT2D eigenvalue weighted by Gasteiger charge is 2.31. The van der Waals surface area contributed by atoms with E-state index < -0.39 is 24.0 Å². The van der Waals surface area contributed by atoms with Gasteiger partial charge in [-0.05, 0) is 37.6 Å². The van der Waals surface area contributed by atoms with Gasteiger partial charge in [0.2, 0.25) is 0 Å². The predicted octanol–water partition coefficient (Wildman–Crippen LogP) is 2.17. The van der Waals surface area contributed by atoms with E-state index in [1.807, 2.05) is 6.92 Å². The molecule has 8 nitrogen and oxygen atoms in total. The van der Waals surface area contributed by atoms with Gasteiger partial charge in [0.25, 0.3) is 0 Å². The van der Waals surface area contributed by atoms with Crippen LogP contribution < -0.4 is 15.4 Å². The Kier molecular flexibility index (Phi) is 7.48. The Hall–Kier alpha value is -2.74. The van der Waals surface area contributed by atoms with Gasteiger partial charge in [-0.2, -0.15) is 0 Å². The second-order valence-corrected chi connectivity index (χ2v) is 6.01. The quantitative estimate of drug-likeness (QED) is 0.653. The fourth-order valence-corrected chi connectivity index (χ4v) is 2.57.